The Balaban J connectivity index is 1.82. The molecule has 0 fully saturated rings. The number of amides is 1. The third-order valence-electron chi connectivity index (χ3n) is 3.58. The molecule has 0 spiro atoms. The standard InChI is InChI=1S/C18H17NO2S/c1-19(12-14-8-3-5-9-15(14)21-2)18(20)17-11-13-7-4-6-10-16(13)22-17/h3-11H,12H2,1-2H3. The van der Waals surface area contributed by atoms with Crippen molar-refractivity contribution in [3.05, 3.63) is 65.0 Å². The highest BCUT2D eigenvalue weighted by Crippen LogP contribution is 2.27. The van der Waals surface area contributed by atoms with Crippen LogP contribution in [0.5, 0.6) is 5.75 Å². The summed E-state index contributed by atoms with van der Waals surface area (Å²) in [6.07, 6.45) is 0. The van der Waals surface area contributed by atoms with Gasteiger partial charge < -0.3 is 9.64 Å². The van der Waals surface area contributed by atoms with E-state index in [0.717, 1.165) is 26.3 Å². The van der Waals surface area contributed by atoms with E-state index in [1.807, 2.05) is 61.6 Å². The number of carbonyl (C=O) groups is 1. The number of benzene rings is 2. The molecular weight excluding hydrogens is 294 g/mol. The summed E-state index contributed by atoms with van der Waals surface area (Å²) in [7, 11) is 3.46. The van der Waals surface area contributed by atoms with Crippen LogP contribution in [0.4, 0.5) is 0 Å². The lowest BCUT2D eigenvalue weighted by Gasteiger charge is -2.18. The second-order valence-corrected chi connectivity index (χ2v) is 6.21. The van der Waals surface area contributed by atoms with Gasteiger partial charge in [-0.25, -0.2) is 0 Å². The average molecular weight is 311 g/mol. The van der Waals surface area contributed by atoms with Gasteiger partial charge in [0.25, 0.3) is 5.91 Å². The Morgan fingerprint density at radius 1 is 1.14 bits per heavy atom. The molecule has 1 amide bonds. The predicted octanol–water partition coefficient (Wildman–Crippen LogP) is 4.18. The number of methoxy groups -OCH3 is 1. The molecule has 4 heteroatoms. The van der Waals surface area contributed by atoms with Crippen molar-refractivity contribution < 1.29 is 9.53 Å². The summed E-state index contributed by atoms with van der Waals surface area (Å²) in [5, 5.41) is 1.11. The van der Waals surface area contributed by atoms with Crippen LogP contribution in [-0.4, -0.2) is 25.0 Å². The molecule has 0 aliphatic rings. The van der Waals surface area contributed by atoms with Gasteiger partial charge in [0.15, 0.2) is 0 Å². The Labute approximate surface area is 133 Å². The summed E-state index contributed by atoms with van der Waals surface area (Å²) in [5.41, 5.74) is 1.00. The quantitative estimate of drug-likeness (QED) is 0.723. The smallest absolute Gasteiger partial charge is 0.264 e. The minimum absolute atomic E-state index is 0.0344. The molecule has 0 aliphatic carbocycles. The number of nitrogens with zero attached hydrogens (tertiary/aromatic N) is 1. The van der Waals surface area contributed by atoms with Gasteiger partial charge in [0, 0.05) is 23.9 Å². The number of ether oxygens (including phenoxy) is 1. The van der Waals surface area contributed by atoms with Crippen molar-refractivity contribution in [3.8, 4) is 5.75 Å². The van der Waals surface area contributed by atoms with Crippen LogP contribution in [0.3, 0.4) is 0 Å². The Morgan fingerprint density at radius 3 is 2.64 bits per heavy atom. The van der Waals surface area contributed by atoms with Gasteiger partial charge in [-0.1, -0.05) is 36.4 Å². The zero-order valence-electron chi connectivity index (χ0n) is 12.6. The molecule has 3 aromatic rings. The first-order chi connectivity index (χ1) is 10.7. The van der Waals surface area contributed by atoms with E-state index in [2.05, 4.69) is 0 Å². The van der Waals surface area contributed by atoms with Crippen molar-refractivity contribution in [3.63, 3.8) is 0 Å². The number of hydrogen-bond donors (Lipinski definition) is 0. The summed E-state index contributed by atoms with van der Waals surface area (Å²) >= 11 is 1.53. The van der Waals surface area contributed by atoms with Crippen LogP contribution in [0.1, 0.15) is 15.2 Å². The SMILES string of the molecule is COc1ccccc1CN(C)C(=O)c1cc2ccccc2s1. The fourth-order valence-corrected chi connectivity index (χ4v) is 3.49. The fourth-order valence-electron chi connectivity index (χ4n) is 2.44. The van der Waals surface area contributed by atoms with E-state index < -0.39 is 0 Å². The maximum atomic E-state index is 12.6. The molecule has 0 atom stereocenters. The molecule has 0 aliphatic heterocycles. The highest BCUT2D eigenvalue weighted by Gasteiger charge is 2.16. The van der Waals surface area contributed by atoms with E-state index in [0.29, 0.717) is 6.54 Å². The largest absolute Gasteiger partial charge is 0.496 e. The first-order valence-electron chi connectivity index (χ1n) is 7.05. The van der Waals surface area contributed by atoms with E-state index in [1.54, 1.807) is 12.0 Å². The molecule has 0 saturated heterocycles. The fraction of sp³-hybridized carbons (Fsp3) is 0.167. The highest BCUT2D eigenvalue weighted by atomic mass is 32.1. The summed E-state index contributed by atoms with van der Waals surface area (Å²) in [6.45, 7) is 0.525. The van der Waals surface area contributed by atoms with Crippen molar-refractivity contribution >= 4 is 27.3 Å². The molecule has 0 saturated carbocycles. The summed E-state index contributed by atoms with van der Waals surface area (Å²) in [4.78, 5) is 15.1. The topological polar surface area (TPSA) is 29.5 Å². The molecule has 3 rings (SSSR count). The molecule has 0 radical (unpaired) electrons. The third kappa shape index (κ3) is 2.83. The maximum Gasteiger partial charge on any atom is 0.264 e. The molecule has 0 unspecified atom stereocenters. The van der Waals surface area contributed by atoms with Crippen LogP contribution in [-0.2, 0) is 6.54 Å². The van der Waals surface area contributed by atoms with E-state index in [4.69, 9.17) is 4.74 Å². The molecule has 1 heterocycles. The van der Waals surface area contributed by atoms with Crippen molar-refractivity contribution in [2.45, 2.75) is 6.54 Å². The van der Waals surface area contributed by atoms with Crippen LogP contribution in [0.15, 0.2) is 54.6 Å². The molecule has 0 bridgehead atoms. The lowest BCUT2D eigenvalue weighted by atomic mass is 10.2. The van der Waals surface area contributed by atoms with Gasteiger partial charge in [0.05, 0.1) is 12.0 Å². The van der Waals surface area contributed by atoms with Crippen LogP contribution in [0, 0.1) is 0 Å². The van der Waals surface area contributed by atoms with E-state index >= 15 is 0 Å². The molecule has 2 aromatic carbocycles. The van der Waals surface area contributed by atoms with Crippen molar-refractivity contribution in [2.24, 2.45) is 0 Å². The van der Waals surface area contributed by atoms with Gasteiger partial charge in [0.2, 0.25) is 0 Å². The van der Waals surface area contributed by atoms with Gasteiger partial charge in [0.1, 0.15) is 5.75 Å². The Morgan fingerprint density at radius 2 is 1.86 bits per heavy atom. The number of carbonyl (C=O) groups excluding carboxylic acids is 1. The number of rotatable bonds is 4. The lowest BCUT2D eigenvalue weighted by Crippen LogP contribution is -2.25. The Hall–Kier alpha value is -2.33. The van der Waals surface area contributed by atoms with E-state index in [9.17, 15) is 4.79 Å². The second-order valence-electron chi connectivity index (χ2n) is 5.12. The van der Waals surface area contributed by atoms with Gasteiger partial charge in [-0.2, -0.15) is 0 Å². The zero-order valence-corrected chi connectivity index (χ0v) is 13.4. The van der Waals surface area contributed by atoms with Crippen LogP contribution >= 0.6 is 11.3 Å². The normalized spacial score (nSPS) is 10.6. The van der Waals surface area contributed by atoms with Crippen molar-refractivity contribution in [1.82, 2.24) is 4.90 Å². The Kier molecular flexibility index (Phi) is 4.11. The number of para-hydroxylation sites is 1. The van der Waals surface area contributed by atoms with E-state index in [1.165, 1.54) is 11.3 Å². The van der Waals surface area contributed by atoms with Crippen LogP contribution in [0.25, 0.3) is 10.1 Å². The van der Waals surface area contributed by atoms with Gasteiger partial charge in [-0.05, 0) is 23.6 Å². The van der Waals surface area contributed by atoms with Crippen LogP contribution < -0.4 is 4.74 Å². The monoisotopic (exact) mass is 311 g/mol. The zero-order chi connectivity index (χ0) is 15.5. The van der Waals surface area contributed by atoms with Gasteiger partial charge in [-0.15, -0.1) is 11.3 Å². The first kappa shape index (κ1) is 14.6. The molecule has 3 nitrogen and oxygen atoms in total. The molecule has 22 heavy (non-hydrogen) atoms. The number of hydrogen-bond acceptors (Lipinski definition) is 3. The first-order valence-corrected chi connectivity index (χ1v) is 7.86. The minimum atomic E-state index is 0.0344. The minimum Gasteiger partial charge on any atom is -0.496 e. The summed E-state index contributed by atoms with van der Waals surface area (Å²) in [6, 6.07) is 17.8. The maximum absolute atomic E-state index is 12.6. The lowest BCUT2D eigenvalue weighted by molar-refractivity contribution is 0.0789. The number of fused-ring (bicyclic) bond motifs is 1. The molecule has 112 valence electrons. The van der Waals surface area contributed by atoms with Gasteiger partial charge >= 0.3 is 0 Å². The van der Waals surface area contributed by atoms with Gasteiger partial charge in [-0.3, -0.25) is 4.79 Å². The summed E-state index contributed by atoms with van der Waals surface area (Å²) in [5.74, 6) is 0.839. The average Bonchev–Trinajstić information content (AvgIpc) is 2.98. The molecule has 1 aromatic heterocycles. The van der Waals surface area contributed by atoms with Crippen molar-refractivity contribution in [2.75, 3.05) is 14.2 Å². The van der Waals surface area contributed by atoms with Crippen LogP contribution in [0.2, 0.25) is 0 Å². The molecule has 0 N–H and O–H groups in total. The van der Waals surface area contributed by atoms with E-state index in [-0.39, 0.29) is 5.91 Å². The highest BCUT2D eigenvalue weighted by molar-refractivity contribution is 7.20. The third-order valence-corrected chi connectivity index (χ3v) is 4.69. The molecular formula is C18H17NO2S. The second kappa shape index (κ2) is 6.20. The predicted molar refractivity (Wildman–Crippen MR) is 90.6 cm³/mol. The number of thiophene rings is 1. The van der Waals surface area contributed by atoms with Crippen molar-refractivity contribution in [1.29, 1.82) is 0 Å². The summed E-state index contributed by atoms with van der Waals surface area (Å²) < 4.78 is 6.48. The Bertz CT molecular complexity index is 776.